The average molecular weight is 570 g/mol. The minimum Gasteiger partial charge on any atom is -0.472 e. The van der Waals surface area contributed by atoms with E-state index in [0.29, 0.717) is 33.0 Å². The Morgan fingerprint density at radius 3 is 2.45 bits per heavy atom. The molecule has 0 saturated carbocycles. The molecule has 3 aromatic rings. The van der Waals surface area contributed by atoms with Gasteiger partial charge in [0.05, 0.1) is 7.11 Å². The summed E-state index contributed by atoms with van der Waals surface area (Å²) in [5.41, 5.74) is 7.03. The van der Waals surface area contributed by atoms with E-state index in [1.165, 1.54) is 46.9 Å². The number of carbonyl (C=O) groups excluding carboxylic acids is 3. The van der Waals surface area contributed by atoms with E-state index in [2.05, 4.69) is 15.5 Å². The molecule has 13 heteroatoms. The number of hydrogen-bond donors (Lipinski definition) is 2. The summed E-state index contributed by atoms with van der Waals surface area (Å²) in [4.78, 5) is 39.5. The Morgan fingerprint density at radius 1 is 1.21 bits per heavy atom. The van der Waals surface area contributed by atoms with Gasteiger partial charge in [0.2, 0.25) is 12.1 Å². The molecule has 1 fully saturated rings. The van der Waals surface area contributed by atoms with E-state index in [0.717, 1.165) is 11.1 Å². The first-order valence-corrected chi connectivity index (χ1v) is 14.3. The third-order valence-corrected chi connectivity index (χ3v) is 9.56. The molecular formula is C25H23N5O5S3. The van der Waals surface area contributed by atoms with E-state index in [4.69, 9.17) is 15.2 Å². The van der Waals surface area contributed by atoms with Gasteiger partial charge in [0.1, 0.15) is 11.1 Å². The minimum absolute atomic E-state index is 0.133. The molecule has 2 aromatic carbocycles. The lowest BCUT2D eigenvalue weighted by Crippen LogP contribution is -2.83. The van der Waals surface area contributed by atoms with Crippen LogP contribution in [-0.2, 0) is 19.1 Å². The van der Waals surface area contributed by atoms with Gasteiger partial charge in [-0.1, -0.05) is 77.5 Å². The van der Waals surface area contributed by atoms with Crippen molar-refractivity contribution in [3.63, 3.8) is 0 Å². The lowest BCUT2D eigenvalue weighted by molar-refractivity contribution is -0.160. The van der Waals surface area contributed by atoms with Crippen LogP contribution >= 0.6 is 34.9 Å². The van der Waals surface area contributed by atoms with Crippen LogP contribution in [-0.4, -0.2) is 63.0 Å². The maximum absolute atomic E-state index is 13.9. The van der Waals surface area contributed by atoms with Gasteiger partial charge in [-0.05, 0) is 28.0 Å². The van der Waals surface area contributed by atoms with Crippen LogP contribution in [0.2, 0.25) is 0 Å². The van der Waals surface area contributed by atoms with E-state index in [1.54, 1.807) is 0 Å². The van der Waals surface area contributed by atoms with Crippen molar-refractivity contribution in [3.05, 3.63) is 83.1 Å². The number of carbonyl (C=O) groups is 3. The van der Waals surface area contributed by atoms with Gasteiger partial charge in [0.25, 0.3) is 11.1 Å². The monoisotopic (exact) mass is 569 g/mol. The Hall–Kier alpha value is -3.39. The quantitative estimate of drug-likeness (QED) is 0.123. The Balaban J connectivity index is 1.48. The Morgan fingerprint density at radius 2 is 1.87 bits per heavy atom. The highest BCUT2D eigenvalue weighted by atomic mass is 32.2. The third-order valence-electron chi connectivity index (χ3n) is 6.04. The van der Waals surface area contributed by atoms with Crippen molar-refractivity contribution >= 4 is 53.1 Å². The predicted molar refractivity (Wildman–Crippen MR) is 144 cm³/mol. The number of nitrogens with zero attached hydrogens (tertiary/aromatic N) is 3. The first-order valence-electron chi connectivity index (χ1n) is 11.4. The lowest BCUT2D eigenvalue weighted by Gasteiger charge is -2.55. The highest BCUT2D eigenvalue weighted by Crippen LogP contribution is 2.45. The van der Waals surface area contributed by atoms with Gasteiger partial charge < -0.3 is 14.8 Å². The topological polar surface area (TPSA) is 137 Å². The number of amides is 2. The molecule has 2 amide bonds. The van der Waals surface area contributed by atoms with Crippen molar-refractivity contribution in [3.8, 4) is 5.19 Å². The zero-order valence-corrected chi connectivity index (χ0v) is 22.6. The molecule has 0 unspecified atom stereocenters. The van der Waals surface area contributed by atoms with Crippen molar-refractivity contribution < 1.29 is 23.9 Å². The van der Waals surface area contributed by atoms with Gasteiger partial charge in [0.15, 0.2) is 10.4 Å². The molecular weight excluding hydrogens is 547 g/mol. The summed E-state index contributed by atoms with van der Waals surface area (Å²) in [6, 6.07) is 18.8. The van der Waals surface area contributed by atoms with Crippen LogP contribution in [0.15, 0.2) is 76.3 Å². The molecule has 1 saturated heterocycles. The maximum Gasteiger partial charge on any atom is 0.356 e. The van der Waals surface area contributed by atoms with Crippen LogP contribution in [0.5, 0.6) is 5.19 Å². The number of fused-ring (bicyclic) bond motifs is 1. The van der Waals surface area contributed by atoms with Crippen LogP contribution in [0.25, 0.3) is 0 Å². The van der Waals surface area contributed by atoms with Gasteiger partial charge in [-0.3, -0.25) is 20.2 Å². The van der Waals surface area contributed by atoms with Crippen LogP contribution < -0.4 is 15.8 Å². The lowest BCUT2D eigenvalue weighted by atomic mass is 9.96. The van der Waals surface area contributed by atoms with Gasteiger partial charge in [-0.2, -0.15) is 0 Å². The average Bonchev–Trinajstić information content (AvgIpc) is 3.43. The number of thioether (sulfide) groups is 2. The second-order valence-corrected chi connectivity index (χ2v) is 11.6. The summed E-state index contributed by atoms with van der Waals surface area (Å²) in [5.74, 6) is -0.459. The summed E-state index contributed by atoms with van der Waals surface area (Å²) in [6.07, 6.45) is -0.300. The van der Waals surface area contributed by atoms with Crippen molar-refractivity contribution in [2.24, 2.45) is 5.73 Å². The van der Waals surface area contributed by atoms with Gasteiger partial charge >= 0.3 is 5.97 Å². The molecule has 1 aromatic heterocycles. The molecule has 3 heterocycles. The normalized spacial score (nSPS) is 20.6. The molecule has 10 nitrogen and oxygen atoms in total. The van der Waals surface area contributed by atoms with Gasteiger partial charge in [-0.15, -0.1) is 16.9 Å². The zero-order valence-electron chi connectivity index (χ0n) is 20.1. The number of hydrogen-bond acceptors (Lipinski definition) is 11. The molecule has 2 atom stereocenters. The fourth-order valence-corrected chi connectivity index (χ4v) is 7.38. The number of methoxy groups -OCH3 is 1. The number of nitrogens with two attached hydrogens (primary N) is 1. The van der Waals surface area contributed by atoms with Gasteiger partial charge in [0, 0.05) is 11.5 Å². The highest BCUT2D eigenvalue weighted by molar-refractivity contribution is 8.01. The van der Waals surface area contributed by atoms with Crippen molar-refractivity contribution in [1.82, 2.24) is 20.4 Å². The van der Waals surface area contributed by atoms with Crippen molar-refractivity contribution in [1.29, 1.82) is 0 Å². The van der Waals surface area contributed by atoms with Crippen LogP contribution in [0, 0.1) is 0 Å². The molecule has 196 valence electrons. The van der Waals surface area contributed by atoms with Gasteiger partial charge in [-0.25, -0.2) is 4.79 Å². The highest BCUT2D eigenvalue weighted by Gasteiger charge is 2.63. The number of aromatic nitrogens is 2. The number of nitrogens with one attached hydrogen (secondary N) is 1. The largest absolute Gasteiger partial charge is 0.472 e. The summed E-state index contributed by atoms with van der Waals surface area (Å²) >= 11 is 4.03. The summed E-state index contributed by atoms with van der Waals surface area (Å²) in [6.45, 7) is 0. The fourth-order valence-electron chi connectivity index (χ4n) is 4.21. The molecule has 5 rings (SSSR count). The number of β-lactam (4-membered cyclic amide) rings is 1. The van der Waals surface area contributed by atoms with E-state index in [-0.39, 0.29) is 5.70 Å². The number of benzene rings is 2. The maximum atomic E-state index is 13.9. The van der Waals surface area contributed by atoms with Crippen LogP contribution in [0.1, 0.15) is 17.2 Å². The summed E-state index contributed by atoms with van der Waals surface area (Å²) in [7, 11) is 1.52. The third kappa shape index (κ3) is 4.89. The first kappa shape index (κ1) is 26.2. The molecule has 0 bridgehead atoms. The molecule has 3 N–H and O–H groups in total. The van der Waals surface area contributed by atoms with E-state index >= 15 is 0 Å². The molecule has 38 heavy (non-hydrogen) atoms. The van der Waals surface area contributed by atoms with Crippen LogP contribution in [0.3, 0.4) is 0 Å². The van der Waals surface area contributed by atoms with Crippen molar-refractivity contribution in [2.45, 2.75) is 21.5 Å². The van der Waals surface area contributed by atoms with E-state index in [9.17, 15) is 14.4 Å². The molecule has 0 aliphatic carbocycles. The number of ether oxygens (including phenoxy) is 2. The molecule has 2 aliphatic heterocycles. The first-order chi connectivity index (χ1) is 18.5. The van der Waals surface area contributed by atoms with Crippen molar-refractivity contribution in [2.75, 3.05) is 18.6 Å². The smallest absolute Gasteiger partial charge is 0.356 e. The standard InChI is InChI=1S/C25H23N5O5S3/c1-34-23-28-29-24(38-23)37-13-17-12-36-22-25(26,27-14-31)21(33)30(22)18(17)20(32)35-19(15-8-4-2-5-9-15)16-10-6-3-7-11-16/h2-11,14,19,22H,12-13,26H2,1H3,(H,27,31)/t22-,25+/m1/s1. The minimum atomic E-state index is -1.60. The zero-order chi connectivity index (χ0) is 26.7. The Bertz CT molecular complexity index is 1330. The van der Waals surface area contributed by atoms with E-state index in [1.807, 2.05) is 60.7 Å². The molecule has 0 radical (unpaired) electrons. The summed E-state index contributed by atoms with van der Waals surface area (Å²) in [5, 5.41) is 10.2. The molecule has 2 aliphatic rings. The predicted octanol–water partition coefficient (Wildman–Crippen LogP) is 2.54. The fraction of sp³-hybridized carbons (Fsp3) is 0.240. The Kier molecular flexibility index (Phi) is 7.70. The SMILES string of the molecule is COc1nnc(SCC2=C(C(=O)OC(c3ccccc3)c3ccccc3)N3C(=O)[C@](N)(NC=O)[C@H]3SC2)s1. The second-order valence-electron chi connectivity index (χ2n) is 8.36. The summed E-state index contributed by atoms with van der Waals surface area (Å²) < 4.78 is 11.9. The number of esters is 1. The van der Waals surface area contributed by atoms with Crippen LogP contribution in [0.4, 0.5) is 0 Å². The number of rotatable bonds is 10. The second kappa shape index (κ2) is 11.2. The molecule has 0 spiro atoms. The van der Waals surface area contributed by atoms with E-state index < -0.39 is 29.0 Å². The Labute approximate surface area is 231 Å².